The van der Waals surface area contributed by atoms with Crippen LogP contribution in [0.3, 0.4) is 0 Å². The van der Waals surface area contributed by atoms with Crippen molar-refractivity contribution in [2.75, 3.05) is 0 Å². The predicted molar refractivity (Wildman–Crippen MR) is 82.5 cm³/mol. The molecular formula is C14H12BrNO4S. The molecule has 0 aliphatic rings. The van der Waals surface area contributed by atoms with Gasteiger partial charge in [0.25, 0.3) is 0 Å². The van der Waals surface area contributed by atoms with E-state index >= 15 is 0 Å². The molecule has 21 heavy (non-hydrogen) atoms. The number of benzene rings is 2. The average Bonchev–Trinajstić information content (AvgIpc) is 2.42. The van der Waals surface area contributed by atoms with Crippen LogP contribution in [0.2, 0.25) is 0 Å². The van der Waals surface area contributed by atoms with Crippen LogP contribution in [0.4, 0.5) is 0 Å². The van der Waals surface area contributed by atoms with Crippen LogP contribution in [-0.2, 0) is 10.1 Å². The van der Waals surface area contributed by atoms with Crippen molar-refractivity contribution >= 4 is 32.3 Å². The smallest absolute Gasteiger partial charge is 0.339 e. The lowest BCUT2D eigenvalue weighted by molar-refractivity contribution is 0.322. The molecule has 0 aliphatic heterocycles. The first-order valence-corrected chi connectivity index (χ1v) is 8.10. The molecule has 2 aromatic rings. The first-order valence-electron chi connectivity index (χ1n) is 5.90. The second kappa shape index (κ2) is 6.28. The minimum Gasteiger partial charge on any atom is -0.411 e. The standard InChI is InChI=1S/C14H12BrNO4S/c1-10-2-5-12(6-3-10)21(18,19)20-14-7-4-11(9-16-17)8-13(14)15/h2-9,17H,1H3/b16-9-. The SMILES string of the molecule is Cc1ccc(S(=O)(=O)Oc2ccc(/C=N\O)cc2Br)cc1. The van der Waals surface area contributed by atoms with Gasteiger partial charge in [-0.1, -0.05) is 22.9 Å². The summed E-state index contributed by atoms with van der Waals surface area (Å²) in [6, 6.07) is 11.0. The highest BCUT2D eigenvalue weighted by Gasteiger charge is 2.18. The lowest BCUT2D eigenvalue weighted by atomic mass is 10.2. The summed E-state index contributed by atoms with van der Waals surface area (Å²) in [5.74, 6) is 0.158. The molecule has 0 atom stereocenters. The maximum atomic E-state index is 12.2. The molecule has 0 amide bonds. The topological polar surface area (TPSA) is 76.0 Å². The molecule has 0 heterocycles. The predicted octanol–water partition coefficient (Wildman–Crippen LogP) is 3.33. The molecule has 0 aliphatic carbocycles. The maximum Gasteiger partial charge on any atom is 0.339 e. The number of nitrogens with zero attached hydrogens (tertiary/aromatic N) is 1. The van der Waals surface area contributed by atoms with Gasteiger partial charge in [0, 0.05) is 0 Å². The van der Waals surface area contributed by atoms with E-state index in [1.54, 1.807) is 24.3 Å². The van der Waals surface area contributed by atoms with Crippen molar-refractivity contribution in [3.63, 3.8) is 0 Å². The van der Waals surface area contributed by atoms with E-state index in [0.717, 1.165) is 5.56 Å². The van der Waals surface area contributed by atoms with Gasteiger partial charge in [-0.15, -0.1) is 0 Å². The Morgan fingerprint density at radius 1 is 1.19 bits per heavy atom. The van der Waals surface area contributed by atoms with Gasteiger partial charge in [-0.05, 0) is 58.7 Å². The Kier molecular flexibility index (Phi) is 4.64. The molecule has 0 spiro atoms. The van der Waals surface area contributed by atoms with Gasteiger partial charge in [-0.3, -0.25) is 0 Å². The fourth-order valence-corrected chi connectivity index (χ4v) is 3.13. The highest BCUT2D eigenvalue weighted by atomic mass is 79.9. The zero-order valence-corrected chi connectivity index (χ0v) is 13.4. The van der Waals surface area contributed by atoms with E-state index in [4.69, 9.17) is 9.39 Å². The zero-order valence-electron chi connectivity index (χ0n) is 11.0. The fraction of sp³-hybridized carbons (Fsp3) is 0.0714. The summed E-state index contributed by atoms with van der Waals surface area (Å²) >= 11 is 3.22. The molecule has 0 unspecified atom stereocenters. The van der Waals surface area contributed by atoms with Crippen molar-refractivity contribution in [2.24, 2.45) is 5.16 Å². The second-order valence-electron chi connectivity index (χ2n) is 4.28. The Morgan fingerprint density at radius 2 is 1.86 bits per heavy atom. The number of rotatable bonds is 4. The molecule has 110 valence electrons. The van der Waals surface area contributed by atoms with Gasteiger partial charge < -0.3 is 9.39 Å². The minimum absolute atomic E-state index is 0.0843. The first kappa shape index (κ1) is 15.5. The van der Waals surface area contributed by atoms with Crippen molar-refractivity contribution in [3.05, 3.63) is 58.1 Å². The molecule has 2 rings (SSSR count). The van der Waals surface area contributed by atoms with E-state index in [1.807, 2.05) is 6.92 Å². The Hall–Kier alpha value is -1.86. The van der Waals surface area contributed by atoms with E-state index in [1.165, 1.54) is 24.4 Å². The molecule has 0 fully saturated rings. The number of halogens is 1. The van der Waals surface area contributed by atoms with Crippen LogP contribution in [0.5, 0.6) is 5.75 Å². The van der Waals surface area contributed by atoms with Gasteiger partial charge in [-0.2, -0.15) is 8.42 Å². The summed E-state index contributed by atoms with van der Waals surface area (Å²) in [7, 11) is -3.89. The molecule has 0 saturated carbocycles. The summed E-state index contributed by atoms with van der Waals surface area (Å²) in [4.78, 5) is 0.0843. The van der Waals surface area contributed by atoms with Crippen molar-refractivity contribution in [1.29, 1.82) is 0 Å². The van der Waals surface area contributed by atoms with E-state index in [-0.39, 0.29) is 10.6 Å². The molecule has 1 N–H and O–H groups in total. The van der Waals surface area contributed by atoms with Crippen LogP contribution in [-0.4, -0.2) is 19.8 Å². The van der Waals surface area contributed by atoms with Crippen LogP contribution >= 0.6 is 15.9 Å². The Morgan fingerprint density at radius 3 is 2.43 bits per heavy atom. The quantitative estimate of drug-likeness (QED) is 0.388. The zero-order chi connectivity index (χ0) is 15.5. The maximum absolute atomic E-state index is 12.2. The summed E-state index contributed by atoms with van der Waals surface area (Å²) in [6.07, 6.45) is 1.23. The summed E-state index contributed by atoms with van der Waals surface area (Å²) in [6.45, 7) is 1.87. The summed E-state index contributed by atoms with van der Waals surface area (Å²) in [5, 5.41) is 11.4. The Balaban J connectivity index is 2.30. The van der Waals surface area contributed by atoms with Gasteiger partial charge >= 0.3 is 10.1 Å². The molecule has 0 saturated heterocycles. The molecule has 0 radical (unpaired) electrons. The molecular weight excluding hydrogens is 358 g/mol. The lowest BCUT2D eigenvalue weighted by Gasteiger charge is -2.09. The van der Waals surface area contributed by atoms with Crippen molar-refractivity contribution in [3.8, 4) is 5.75 Å². The van der Waals surface area contributed by atoms with Crippen LogP contribution in [0.25, 0.3) is 0 Å². The van der Waals surface area contributed by atoms with Crippen LogP contribution in [0, 0.1) is 6.92 Å². The van der Waals surface area contributed by atoms with Crippen LogP contribution < -0.4 is 4.18 Å². The van der Waals surface area contributed by atoms with Gasteiger partial charge in [-0.25, -0.2) is 0 Å². The van der Waals surface area contributed by atoms with Gasteiger partial charge in [0.05, 0.1) is 10.7 Å². The number of aryl methyl sites for hydroxylation is 1. The fourth-order valence-electron chi connectivity index (χ4n) is 1.60. The lowest BCUT2D eigenvalue weighted by Crippen LogP contribution is -2.10. The average molecular weight is 370 g/mol. The van der Waals surface area contributed by atoms with Crippen molar-refractivity contribution in [2.45, 2.75) is 11.8 Å². The Bertz CT molecular complexity index is 770. The molecule has 7 heteroatoms. The second-order valence-corrected chi connectivity index (χ2v) is 6.69. The largest absolute Gasteiger partial charge is 0.411 e. The van der Waals surface area contributed by atoms with E-state index in [0.29, 0.717) is 10.0 Å². The van der Waals surface area contributed by atoms with E-state index < -0.39 is 10.1 Å². The normalized spacial score (nSPS) is 11.7. The third-order valence-electron chi connectivity index (χ3n) is 2.67. The summed E-state index contributed by atoms with van der Waals surface area (Å²) in [5.41, 5.74) is 1.56. The van der Waals surface area contributed by atoms with E-state index in [9.17, 15) is 8.42 Å². The highest BCUT2D eigenvalue weighted by Crippen LogP contribution is 2.28. The number of hydrogen-bond donors (Lipinski definition) is 1. The van der Waals surface area contributed by atoms with Crippen molar-refractivity contribution in [1.82, 2.24) is 0 Å². The highest BCUT2D eigenvalue weighted by molar-refractivity contribution is 9.10. The minimum atomic E-state index is -3.89. The van der Waals surface area contributed by atoms with Crippen LogP contribution in [0.15, 0.2) is 57.0 Å². The Labute approximate surface area is 131 Å². The molecule has 0 aromatic heterocycles. The first-order chi connectivity index (χ1) is 9.92. The van der Waals surface area contributed by atoms with E-state index in [2.05, 4.69) is 21.1 Å². The van der Waals surface area contributed by atoms with Crippen molar-refractivity contribution < 1.29 is 17.8 Å². The summed E-state index contributed by atoms with van der Waals surface area (Å²) < 4.78 is 29.9. The molecule has 2 aromatic carbocycles. The van der Waals surface area contributed by atoms with Crippen LogP contribution in [0.1, 0.15) is 11.1 Å². The molecule has 5 nitrogen and oxygen atoms in total. The number of hydrogen-bond acceptors (Lipinski definition) is 5. The van der Waals surface area contributed by atoms with Gasteiger partial charge in [0.1, 0.15) is 4.90 Å². The molecule has 0 bridgehead atoms. The third-order valence-corrected chi connectivity index (χ3v) is 4.54. The van der Waals surface area contributed by atoms with Gasteiger partial charge in [0.15, 0.2) is 5.75 Å². The third kappa shape index (κ3) is 3.83. The number of oxime groups is 1. The monoisotopic (exact) mass is 369 g/mol. The van der Waals surface area contributed by atoms with Gasteiger partial charge in [0.2, 0.25) is 0 Å².